The van der Waals surface area contributed by atoms with Gasteiger partial charge >= 0.3 is 0 Å². The summed E-state index contributed by atoms with van der Waals surface area (Å²) < 4.78 is 35.1. The van der Waals surface area contributed by atoms with Crippen LogP contribution in [0.2, 0.25) is 0 Å². The van der Waals surface area contributed by atoms with Crippen molar-refractivity contribution in [2.24, 2.45) is 0 Å². The largest absolute Gasteiger partial charge is 0.495 e. The maximum atomic E-state index is 12.6. The van der Waals surface area contributed by atoms with Gasteiger partial charge in [-0.05, 0) is 18.2 Å². The molecule has 0 aliphatic carbocycles. The molecule has 10 heteroatoms. The van der Waals surface area contributed by atoms with Crippen LogP contribution in [0.4, 0.5) is 5.82 Å². The Morgan fingerprint density at radius 1 is 1.25 bits per heavy atom. The topological polar surface area (TPSA) is 99.0 Å². The van der Waals surface area contributed by atoms with Gasteiger partial charge in [0, 0.05) is 22.9 Å². The maximum Gasteiger partial charge on any atom is 0.266 e. The summed E-state index contributed by atoms with van der Waals surface area (Å²) in [5, 5.41) is 0. The van der Waals surface area contributed by atoms with Crippen molar-refractivity contribution in [3.8, 4) is 11.6 Å². The number of benzene rings is 1. The monoisotopic (exact) mass is 409 g/mol. The fraction of sp³-hybridized carbons (Fsp3) is 0.0714. The third-order valence-electron chi connectivity index (χ3n) is 3.08. The molecule has 0 saturated heterocycles. The van der Waals surface area contributed by atoms with Crippen molar-refractivity contribution < 1.29 is 13.2 Å². The van der Waals surface area contributed by atoms with Crippen LogP contribution in [0, 0.1) is 0 Å². The van der Waals surface area contributed by atoms with Crippen molar-refractivity contribution in [1.82, 2.24) is 19.5 Å². The zero-order valence-corrected chi connectivity index (χ0v) is 14.8. The predicted molar refractivity (Wildman–Crippen MR) is 90.7 cm³/mol. The number of hydrogen-bond acceptors (Lipinski definition) is 6. The van der Waals surface area contributed by atoms with Crippen LogP contribution in [0.25, 0.3) is 5.82 Å². The van der Waals surface area contributed by atoms with Crippen LogP contribution in [-0.2, 0) is 10.0 Å². The number of nitrogens with zero attached hydrogens (tertiary/aromatic N) is 4. The zero-order valence-electron chi connectivity index (χ0n) is 12.4. The van der Waals surface area contributed by atoms with E-state index in [1.54, 1.807) is 35.4 Å². The minimum Gasteiger partial charge on any atom is -0.495 e. The molecule has 1 N–H and O–H groups in total. The Labute approximate surface area is 146 Å². The molecule has 0 aliphatic rings. The van der Waals surface area contributed by atoms with E-state index in [1.807, 2.05) is 0 Å². The van der Waals surface area contributed by atoms with Gasteiger partial charge in [-0.3, -0.25) is 9.29 Å². The molecule has 8 nitrogen and oxygen atoms in total. The van der Waals surface area contributed by atoms with Crippen molar-refractivity contribution >= 4 is 31.8 Å². The highest BCUT2D eigenvalue weighted by atomic mass is 79.9. The van der Waals surface area contributed by atoms with Crippen molar-refractivity contribution in [3.05, 3.63) is 53.8 Å². The Balaban J connectivity index is 1.96. The number of imidazole rings is 1. The SMILES string of the molecule is COc1ccc(Br)cc1S(=O)(=O)Nc1cc(-n2ccnc2)ncn1. The Hall–Kier alpha value is -2.46. The molecule has 1 aromatic carbocycles. The molecule has 0 radical (unpaired) electrons. The van der Waals surface area contributed by atoms with Gasteiger partial charge in [0.05, 0.1) is 7.11 Å². The van der Waals surface area contributed by atoms with E-state index >= 15 is 0 Å². The van der Waals surface area contributed by atoms with Gasteiger partial charge < -0.3 is 4.74 Å². The van der Waals surface area contributed by atoms with Crippen molar-refractivity contribution in [2.75, 3.05) is 11.8 Å². The van der Waals surface area contributed by atoms with Crippen molar-refractivity contribution in [1.29, 1.82) is 0 Å². The number of sulfonamides is 1. The highest BCUT2D eigenvalue weighted by Gasteiger charge is 2.21. The van der Waals surface area contributed by atoms with Crippen LogP contribution in [0.5, 0.6) is 5.75 Å². The highest BCUT2D eigenvalue weighted by Crippen LogP contribution is 2.28. The predicted octanol–water partition coefficient (Wildman–Crippen LogP) is 2.23. The van der Waals surface area contributed by atoms with Crippen LogP contribution in [0.3, 0.4) is 0 Å². The fourth-order valence-electron chi connectivity index (χ4n) is 1.99. The molecule has 3 aromatic rings. The smallest absolute Gasteiger partial charge is 0.266 e. The Morgan fingerprint density at radius 2 is 2.08 bits per heavy atom. The number of anilines is 1. The van der Waals surface area contributed by atoms with Gasteiger partial charge in [-0.25, -0.2) is 23.4 Å². The van der Waals surface area contributed by atoms with Crippen LogP contribution in [-0.4, -0.2) is 35.0 Å². The molecule has 2 aromatic heterocycles. The third kappa shape index (κ3) is 3.39. The Kier molecular flexibility index (Phi) is 4.49. The molecular formula is C14H12BrN5O3S. The maximum absolute atomic E-state index is 12.6. The number of rotatable bonds is 5. The number of hydrogen-bond donors (Lipinski definition) is 1. The summed E-state index contributed by atoms with van der Waals surface area (Å²) in [6, 6.07) is 6.22. The summed E-state index contributed by atoms with van der Waals surface area (Å²) in [6.45, 7) is 0. The van der Waals surface area contributed by atoms with Crippen molar-refractivity contribution in [3.63, 3.8) is 0 Å². The lowest BCUT2D eigenvalue weighted by Gasteiger charge is -2.12. The lowest BCUT2D eigenvalue weighted by atomic mass is 10.3. The minimum absolute atomic E-state index is 0.00201. The molecule has 0 bridgehead atoms. The van der Waals surface area contributed by atoms with E-state index in [0.29, 0.717) is 10.3 Å². The van der Waals surface area contributed by atoms with Gasteiger partial charge in [-0.2, -0.15) is 0 Å². The van der Waals surface area contributed by atoms with Gasteiger partial charge in [0.2, 0.25) is 0 Å². The van der Waals surface area contributed by atoms with E-state index in [2.05, 4.69) is 35.6 Å². The average molecular weight is 410 g/mol. The first-order chi connectivity index (χ1) is 11.5. The van der Waals surface area contributed by atoms with E-state index < -0.39 is 10.0 Å². The van der Waals surface area contributed by atoms with Gasteiger partial charge in [0.1, 0.15) is 34.9 Å². The number of halogens is 1. The first kappa shape index (κ1) is 16.4. The molecule has 24 heavy (non-hydrogen) atoms. The molecular weight excluding hydrogens is 398 g/mol. The van der Waals surface area contributed by atoms with E-state index in [9.17, 15) is 8.42 Å². The normalized spacial score (nSPS) is 11.2. The molecule has 3 rings (SSSR count). The average Bonchev–Trinajstić information content (AvgIpc) is 3.09. The standard InChI is InChI=1S/C14H12BrN5O3S/c1-23-11-3-2-10(15)6-12(11)24(21,22)19-13-7-14(18-8-17-13)20-5-4-16-9-20/h2-9H,1H3,(H,17,18,19). The van der Waals surface area contributed by atoms with E-state index in [4.69, 9.17) is 4.74 Å². The summed E-state index contributed by atoms with van der Waals surface area (Å²) in [5.74, 6) is 0.853. The number of methoxy groups -OCH3 is 1. The highest BCUT2D eigenvalue weighted by molar-refractivity contribution is 9.10. The van der Waals surface area contributed by atoms with Gasteiger partial charge in [-0.15, -0.1) is 0 Å². The fourth-order valence-corrected chi connectivity index (χ4v) is 3.70. The molecule has 0 unspecified atom stereocenters. The van der Waals surface area contributed by atoms with Crippen molar-refractivity contribution in [2.45, 2.75) is 4.90 Å². The second-order valence-electron chi connectivity index (χ2n) is 4.63. The lowest BCUT2D eigenvalue weighted by Crippen LogP contribution is -2.15. The lowest BCUT2D eigenvalue weighted by molar-refractivity contribution is 0.403. The second kappa shape index (κ2) is 6.57. The molecule has 2 heterocycles. The molecule has 0 saturated carbocycles. The summed E-state index contributed by atoms with van der Waals surface area (Å²) >= 11 is 3.26. The van der Waals surface area contributed by atoms with E-state index in [1.165, 1.54) is 25.6 Å². The van der Waals surface area contributed by atoms with Gasteiger partial charge in [0.25, 0.3) is 10.0 Å². The van der Waals surface area contributed by atoms with Gasteiger partial charge in [-0.1, -0.05) is 15.9 Å². The second-order valence-corrected chi connectivity index (χ2v) is 7.20. The summed E-state index contributed by atoms with van der Waals surface area (Å²) in [6.07, 6.45) is 6.11. The Bertz CT molecular complexity index is 960. The summed E-state index contributed by atoms with van der Waals surface area (Å²) in [7, 11) is -2.48. The molecule has 0 atom stereocenters. The Morgan fingerprint density at radius 3 is 2.79 bits per heavy atom. The first-order valence-corrected chi connectivity index (χ1v) is 8.94. The summed E-state index contributed by atoms with van der Waals surface area (Å²) in [5.41, 5.74) is 0. The zero-order chi connectivity index (χ0) is 17.2. The van der Waals surface area contributed by atoms with E-state index in [0.717, 1.165) is 0 Å². The third-order valence-corrected chi connectivity index (χ3v) is 4.94. The molecule has 0 amide bonds. The first-order valence-electron chi connectivity index (χ1n) is 6.66. The molecule has 0 fully saturated rings. The van der Waals surface area contributed by atoms with Crippen LogP contribution in [0.15, 0.2) is 58.7 Å². The number of nitrogens with one attached hydrogen (secondary N) is 1. The van der Waals surface area contributed by atoms with Gasteiger partial charge in [0.15, 0.2) is 0 Å². The number of ether oxygens (including phenoxy) is 1. The molecule has 0 spiro atoms. The minimum atomic E-state index is -3.88. The quantitative estimate of drug-likeness (QED) is 0.693. The molecule has 124 valence electrons. The molecule has 0 aliphatic heterocycles. The number of aromatic nitrogens is 4. The van der Waals surface area contributed by atoms with Crippen LogP contribution >= 0.6 is 15.9 Å². The van der Waals surface area contributed by atoms with Crippen LogP contribution in [0.1, 0.15) is 0 Å². The van der Waals surface area contributed by atoms with E-state index in [-0.39, 0.29) is 16.5 Å². The summed E-state index contributed by atoms with van der Waals surface area (Å²) in [4.78, 5) is 12.0. The van der Waals surface area contributed by atoms with Crippen LogP contribution < -0.4 is 9.46 Å².